The maximum Gasteiger partial charge on any atom is 0.416 e. The summed E-state index contributed by atoms with van der Waals surface area (Å²) in [5.74, 6) is -1.63. The lowest BCUT2D eigenvalue weighted by atomic mass is 9.89. The Labute approximate surface area is 143 Å². The lowest BCUT2D eigenvalue weighted by Gasteiger charge is -2.37. The molecule has 138 valence electrons. The van der Waals surface area contributed by atoms with Crippen molar-refractivity contribution >= 4 is 17.6 Å². The first kappa shape index (κ1) is 19.2. The van der Waals surface area contributed by atoms with Gasteiger partial charge in [0.15, 0.2) is 0 Å². The summed E-state index contributed by atoms with van der Waals surface area (Å²) in [5.41, 5.74) is -0.516. The van der Waals surface area contributed by atoms with E-state index in [2.05, 4.69) is 5.32 Å². The molecule has 3 atom stereocenters. The molecule has 0 aromatic heterocycles. The summed E-state index contributed by atoms with van der Waals surface area (Å²) in [4.78, 5) is 25.4. The number of benzene rings is 1. The number of rotatable bonds is 4. The van der Waals surface area contributed by atoms with Crippen LogP contribution in [0, 0.1) is 11.8 Å². The first-order chi connectivity index (χ1) is 11.6. The van der Waals surface area contributed by atoms with Crippen LogP contribution >= 0.6 is 0 Å². The van der Waals surface area contributed by atoms with Crippen LogP contribution < -0.4 is 5.32 Å². The topological polar surface area (TPSA) is 69.6 Å². The molecule has 1 aromatic rings. The van der Waals surface area contributed by atoms with E-state index in [1.54, 1.807) is 11.8 Å². The van der Waals surface area contributed by atoms with E-state index in [1.165, 1.54) is 12.1 Å². The monoisotopic (exact) mass is 358 g/mol. The fourth-order valence-corrected chi connectivity index (χ4v) is 3.04. The van der Waals surface area contributed by atoms with Crippen molar-refractivity contribution in [2.45, 2.75) is 32.5 Å². The standard InChI is InChI=1S/C17H21F3N2O3/c1-10-7-12(16(24)25)9-22(8-10)11(2)15(23)21-14-5-3-13(4-6-14)17(18,19)20/h3-6,10-12H,7-9H2,1-2H3,(H,21,23)(H,24,25). The molecule has 0 bridgehead atoms. The summed E-state index contributed by atoms with van der Waals surface area (Å²) in [6.45, 7) is 4.48. The number of likely N-dealkylation sites (tertiary alicyclic amines) is 1. The minimum absolute atomic E-state index is 0.149. The molecule has 1 heterocycles. The summed E-state index contributed by atoms with van der Waals surface area (Å²) >= 11 is 0. The molecule has 2 N–H and O–H groups in total. The van der Waals surface area contributed by atoms with Gasteiger partial charge in [-0.25, -0.2) is 0 Å². The molecular formula is C17H21F3N2O3. The van der Waals surface area contributed by atoms with Crippen molar-refractivity contribution in [3.05, 3.63) is 29.8 Å². The molecule has 2 rings (SSSR count). The van der Waals surface area contributed by atoms with E-state index in [1.807, 2.05) is 6.92 Å². The maximum atomic E-state index is 12.5. The zero-order valence-corrected chi connectivity index (χ0v) is 14.0. The number of halogens is 3. The Bertz CT molecular complexity index is 631. The third-order valence-corrected chi connectivity index (χ3v) is 4.44. The fraction of sp³-hybridized carbons (Fsp3) is 0.529. The third-order valence-electron chi connectivity index (χ3n) is 4.44. The summed E-state index contributed by atoms with van der Waals surface area (Å²) in [7, 11) is 0. The number of carboxylic acid groups (broad SMARTS) is 1. The first-order valence-corrected chi connectivity index (χ1v) is 8.03. The third kappa shape index (κ3) is 4.94. The van der Waals surface area contributed by atoms with Crippen LogP contribution in [0.15, 0.2) is 24.3 Å². The SMILES string of the molecule is CC1CC(C(=O)O)CN(C(C)C(=O)Nc2ccc(C(F)(F)F)cc2)C1. The normalized spacial score (nSPS) is 23.1. The van der Waals surface area contributed by atoms with E-state index in [0.717, 1.165) is 12.1 Å². The molecule has 5 nitrogen and oxygen atoms in total. The Hall–Kier alpha value is -2.09. The fourth-order valence-electron chi connectivity index (χ4n) is 3.04. The van der Waals surface area contributed by atoms with Crippen molar-refractivity contribution in [3.63, 3.8) is 0 Å². The Balaban J connectivity index is 2.01. The van der Waals surface area contributed by atoms with Crippen molar-refractivity contribution in [2.24, 2.45) is 11.8 Å². The lowest BCUT2D eigenvalue weighted by molar-refractivity contribution is -0.145. The number of amides is 1. The van der Waals surface area contributed by atoms with Gasteiger partial charge in [-0.05, 0) is 43.5 Å². The molecule has 1 amide bonds. The number of carboxylic acids is 1. The minimum Gasteiger partial charge on any atom is -0.481 e. The van der Waals surface area contributed by atoms with Crippen LogP contribution in [0.2, 0.25) is 0 Å². The molecule has 1 aliphatic rings. The number of carbonyl (C=O) groups is 2. The molecule has 0 radical (unpaired) electrons. The van der Waals surface area contributed by atoms with Crippen molar-refractivity contribution in [1.82, 2.24) is 4.90 Å². The molecule has 0 aliphatic carbocycles. The van der Waals surface area contributed by atoms with E-state index >= 15 is 0 Å². The summed E-state index contributed by atoms with van der Waals surface area (Å²) in [6, 6.07) is 3.64. The first-order valence-electron chi connectivity index (χ1n) is 8.03. The predicted molar refractivity (Wildman–Crippen MR) is 86.0 cm³/mol. The lowest BCUT2D eigenvalue weighted by Crippen LogP contribution is -2.50. The van der Waals surface area contributed by atoms with Gasteiger partial charge < -0.3 is 10.4 Å². The van der Waals surface area contributed by atoms with E-state index in [-0.39, 0.29) is 24.1 Å². The zero-order chi connectivity index (χ0) is 18.8. The summed E-state index contributed by atoms with van der Waals surface area (Å²) in [6.07, 6.45) is -3.86. The van der Waals surface area contributed by atoms with Crippen molar-refractivity contribution in [3.8, 4) is 0 Å². The number of anilines is 1. The molecule has 1 aliphatic heterocycles. The maximum absolute atomic E-state index is 12.5. The number of hydrogen-bond donors (Lipinski definition) is 2. The quantitative estimate of drug-likeness (QED) is 0.868. The largest absolute Gasteiger partial charge is 0.481 e. The predicted octanol–water partition coefficient (Wildman–Crippen LogP) is 3.08. The van der Waals surface area contributed by atoms with Crippen LogP contribution in [-0.4, -0.2) is 41.0 Å². The van der Waals surface area contributed by atoms with Crippen LogP contribution in [0.1, 0.15) is 25.8 Å². The van der Waals surface area contributed by atoms with Crippen molar-refractivity contribution < 1.29 is 27.9 Å². The number of alkyl halides is 3. The summed E-state index contributed by atoms with van der Waals surface area (Å²) in [5, 5.41) is 11.8. The molecule has 25 heavy (non-hydrogen) atoms. The van der Waals surface area contributed by atoms with E-state index < -0.39 is 29.7 Å². The van der Waals surface area contributed by atoms with Gasteiger partial charge in [-0.1, -0.05) is 6.92 Å². The minimum atomic E-state index is -4.42. The van der Waals surface area contributed by atoms with Crippen molar-refractivity contribution in [2.75, 3.05) is 18.4 Å². The van der Waals surface area contributed by atoms with Gasteiger partial charge in [0.25, 0.3) is 0 Å². The highest BCUT2D eigenvalue weighted by Gasteiger charge is 2.34. The number of piperidine rings is 1. The van der Waals surface area contributed by atoms with Gasteiger partial charge in [0, 0.05) is 18.8 Å². The molecule has 3 unspecified atom stereocenters. The molecular weight excluding hydrogens is 337 g/mol. The Morgan fingerprint density at radius 2 is 1.84 bits per heavy atom. The Morgan fingerprint density at radius 1 is 1.24 bits per heavy atom. The van der Waals surface area contributed by atoms with Gasteiger partial charge >= 0.3 is 12.1 Å². The smallest absolute Gasteiger partial charge is 0.416 e. The second-order valence-electron chi connectivity index (χ2n) is 6.57. The van der Waals surface area contributed by atoms with E-state index in [9.17, 15) is 27.9 Å². The molecule has 1 aromatic carbocycles. The second-order valence-corrected chi connectivity index (χ2v) is 6.57. The van der Waals surface area contributed by atoms with Crippen LogP contribution in [0.5, 0.6) is 0 Å². The van der Waals surface area contributed by atoms with Crippen LogP contribution in [-0.2, 0) is 15.8 Å². The van der Waals surface area contributed by atoms with Crippen molar-refractivity contribution in [1.29, 1.82) is 0 Å². The van der Waals surface area contributed by atoms with Crippen LogP contribution in [0.25, 0.3) is 0 Å². The Morgan fingerprint density at radius 3 is 2.36 bits per heavy atom. The van der Waals surface area contributed by atoms with E-state index in [0.29, 0.717) is 13.0 Å². The van der Waals surface area contributed by atoms with Gasteiger partial charge in [-0.3, -0.25) is 14.5 Å². The molecule has 0 spiro atoms. The summed E-state index contributed by atoms with van der Waals surface area (Å²) < 4.78 is 37.6. The molecule has 1 saturated heterocycles. The van der Waals surface area contributed by atoms with Gasteiger partial charge in [-0.2, -0.15) is 13.2 Å². The molecule has 1 fully saturated rings. The highest BCUT2D eigenvalue weighted by atomic mass is 19.4. The zero-order valence-electron chi connectivity index (χ0n) is 14.0. The number of hydrogen-bond acceptors (Lipinski definition) is 3. The van der Waals surface area contributed by atoms with Crippen LogP contribution in [0.3, 0.4) is 0 Å². The van der Waals surface area contributed by atoms with Gasteiger partial charge in [0.1, 0.15) is 0 Å². The second kappa shape index (κ2) is 7.43. The average Bonchev–Trinajstić information content (AvgIpc) is 2.53. The van der Waals surface area contributed by atoms with Gasteiger partial charge in [0.2, 0.25) is 5.91 Å². The molecule has 8 heteroatoms. The van der Waals surface area contributed by atoms with Crippen LogP contribution in [0.4, 0.5) is 18.9 Å². The number of aliphatic carboxylic acids is 1. The van der Waals surface area contributed by atoms with Gasteiger partial charge in [0.05, 0.1) is 17.5 Å². The molecule has 0 saturated carbocycles. The highest BCUT2D eigenvalue weighted by Crippen LogP contribution is 2.30. The Kier molecular flexibility index (Phi) is 5.72. The van der Waals surface area contributed by atoms with Gasteiger partial charge in [-0.15, -0.1) is 0 Å². The number of nitrogens with one attached hydrogen (secondary N) is 1. The average molecular weight is 358 g/mol. The number of nitrogens with zero attached hydrogens (tertiary/aromatic N) is 1. The van der Waals surface area contributed by atoms with E-state index in [4.69, 9.17) is 0 Å². The highest BCUT2D eigenvalue weighted by molar-refractivity contribution is 5.94. The number of carbonyl (C=O) groups excluding carboxylic acids is 1.